The van der Waals surface area contributed by atoms with Gasteiger partial charge in [-0.25, -0.2) is 14.8 Å². The third-order valence-corrected chi connectivity index (χ3v) is 7.51. The van der Waals surface area contributed by atoms with E-state index in [9.17, 15) is 4.79 Å². The molecule has 1 aliphatic rings. The number of hydrogen-bond acceptors (Lipinski definition) is 5. The average molecular weight is 479 g/mol. The van der Waals surface area contributed by atoms with Gasteiger partial charge in [-0.1, -0.05) is 48.0 Å². The number of urea groups is 1. The molecule has 3 aromatic rings. The predicted octanol–water partition coefficient (Wildman–Crippen LogP) is 6.57. The maximum absolute atomic E-state index is 13.9. The predicted molar refractivity (Wildman–Crippen MR) is 138 cm³/mol. The van der Waals surface area contributed by atoms with Crippen LogP contribution in [0.1, 0.15) is 46.1 Å². The van der Waals surface area contributed by atoms with E-state index in [0.29, 0.717) is 18.1 Å². The largest absolute Gasteiger partial charge is 0.322 e. The van der Waals surface area contributed by atoms with Crippen LogP contribution in [0.15, 0.2) is 52.5 Å². The van der Waals surface area contributed by atoms with E-state index in [0.717, 1.165) is 28.5 Å². The molecule has 4 rings (SSSR count). The number of fused-ring (bicyclic) bond motifs is 1. The number of nitrogens with zero attached hydrogens (tertiary/aromatic N) is 3. The third kappa shape index (κ3) is 5.04. The van der Waals surface area contributed by atoms with E-state index in [1.54, 1.807) is 0 Å². The summed E-state index contributed by atoms with van der Waals surface area (Å²) in [5.41, 5.74) is 6.86. The van der Waals surface area contributed by atoms with Crippen LogP contribution in [0.25, 0.3) is 0 Å². The van der Waals surface area contributed by atoms with Crippen molar-refractivity contribution in [1.82, 2.24) is 14.9 Å². The molecule has 1 unspecified atom stereocenters. The second kappa shape index (κ2) is 10.2. The molecule has 2 aromatic carbocycles. The van der Waals surface area contributed by atoms with E-state index in [4.69, 9.17) is 0 Å². The molecule has 1 N–H and O–H groups in total. The molecule has 7 heteroatoms. The lowest BCUT2D eigenvalue weighted by Crippen LogP contribution is -2.37. The van der Waals surface area contributed by atoms with Gasteiger partial charge in [-0.15, -0.1) is 23.5 Å². The number of benzene rings is 2. The Labute approximate surface area is 204 Å². The van der Waals surface area contributed by atoms with Crippen LogP contribution in [-0.4, -0.2) is 33.4 Å². The van der Waals surface area contributed by atoms with E-state index in [2.05, 4.69) is 71.6 Å². The summed E-state index contributed by atoms with van der Waals surface area (Å²) >= 11 is 3.05. The van der Waals surface area contributed by atoms with Crippen LogP contribution in [0.5, 0.6) is 0 Å². The minimum atomic E-state index is -0.116. The molecular weight excluding hydrogens is 448 g/mol. The van der Waals surface area contributed by atoms with Crippen molar-refractivity contribution >= 4 is 35.2 Å². The molecule has 0 spiro atoms. The van der Waals surface area contributed by atoms with Gasteiger partial charge in [0.25, 0.3) is 0 Å². The number of nitrogens with one attached hydrogen (secondary N) is 1. The zero-order valence-corrected chi connectivity index (χ0v) is 21.4. The highest BCUT2D eigenvalue weighted by atomic mass is 32.2. The van der Waals surface area contributed by atoms with Crippen molar-refractivity contribution in [3.63, 3.8) is 0 Å². The van der Waals surface area contributed by atoms with E-state index < -0.39 is 0 Å². The summed E-state index contributed by atoms with van der Waals surface area (Å²) in [4.78, 5) is 25.0. The van der Waals surface area contributed by atoms with Gasteiger partial charge in [-0.05, 0) is 68.4 Å². The summed E-state index contributed by atoms with van der Waals surface area (Å²) < 4.78 is 0. The zero-order valence-electron chi connectivity index (χ0n) is 19.8. The summed E-state index contributed by atoms with van der Waals surface area (Å²) in [5, 5.41) is 4.77. The Bertz CT molecular complexity index is 1160. The number of thioether (sulfide) groups is 2. The van der Waals surface area contributed by atoms with Gasteiger partial charge in [0.15, 0.2) is 0 Å². The molecule has 33 heavy (non-hydrogen) atoms. The summed E-state index contributed by atoms with van der Waals surface area (Å²) in [6, 6.07) is 14.8. The second-order valence-corrected chi connectivity index (χ2v) is 10.00. The summed E-state index contributed by atoms with van der Waals surface area (Å²) in [6.45, 7) is 6.64. The number of rotatable bonds is 6. The highest BCUT2D eigenvalue weighted by Gasteiger charge is 2.32. The summed E-state index contributed by atoms with van der Waals surface area (Å²) in [5.74, 6) is 0.707. The Hall–Kier alpha value is -2.51. The molecule has 0 saturated heterocycles. The average Bonchev–Trinajstić information content (AvgIpc) is 3.23. The molecule has 0 aliphatic heterocycles. The van der Waals surface area contributed by atoms with Crippen LogP contribution in [0.2, 0.25) is 0 Å². The van der Waals surface area contributed by atoms with Crippen LogP contribution in [0, 0.1) is 20.8 Å². The lowest BCUT2D eigenvalue weighted by molar-refractivity contribution is 0.183. The lowest BCUT2D eigenvalue weighted by atomic mass is 10.0. The van der Waals surface area contributed by atoms with Crippen LogP contribution >= 0.6 is 23.5 Å². The highest BCUT2D eigenvalue weighted by Crippen LogP contribution is 2.38. The van der Waals surface area contributed by atoms with Crippen molar-refractivity contribution in [2.24, 2.45) is 0 Å². The van der Waals surface area contributed by atoms with E-state index in [1.165, 1.54) is 45.8 Å². The Balaban J connectivity index is 1.72. The Morgan fingerprint density at radius 1 is 1.06 bits per heavy atom. The normalized spacial score (nSPS) is 14.8. The summed E-state index contributed by atoms with van der Waals surface area (Å²) in [6.07, 6.45) is 5.86. The van der Waals surface area contributed by atoms with E-state index in [-0.39, 0.29) is 12.1 Å². The van der Waals surface area contributed by atoms with E-state index in [1.807, 2.05) is 24.3 Å². The van der Waals surface area contributed by atoms with Crippen molar-refractivity contribution in [1.29, 1.82) is 0 Å². The van der Waals surface area contributed by atoms with E-state index >= 15 is 0 Å². The SMILES string of the molecule is CSc1nc(C)nc(SC)c1NC(=O)N(Cc1ccc(C)cc1C)C1CCc2ccccc21. The number of amides is 2. The topological polar surface area (TPSA) is 58.1 Å². The fourth-order valence-corrected chi connectivity index (χ4v) is 5.71. The minimum absolute atomic E-state index is 0.0312. The third-order valence-electron chi connectivity index (χ3n) is 6.15. The first-order chi connectivity index (χ1) is 15.9. The maximum atomic E-state index is 13.9. The number of carbonyl (C=O) groups excluding carboxylic acids is 1. The van der Waals surface area contributed by atoms with Gasteiger partial charge >= 0.3 is 6.03 Å². The Kier molecular flexibility index (Phi) is 7.29. The monoisotopic (exact) mass is 478 g/mol. The molecule has 2 amide bonds. The van der Waals surface area contributed by atoms with Crippen LogP contribution < -0.4 is 5.32 Å². The fraction of sp³-hybridized carbons (Fsp3) is 0.346. The van der Waals surface area contributed by atoms with Gasteiger partial charge in [0, 0.05) is 6.54 Å². The van der Waals surface area contributed by atoms with Gasteiger partial charge in [-0.3, -0.25) is 0 Å². The molecule has 1 atom stereocenters. The van der Waals surface area contributed by atoms with Crippen LogP contribution in [0.4, 0.5) is 10.5 Å². The van der Waals surface area contributed by atoms with Crippen LogP contribution in [0.3, 0.4) is 0 Å². The van der Waals surface area contributed by atoms with Crippen molar-refractivity contribution in [3.8, 4) is 0 Å². The standard InChI is InChI=1S/C26H30N4OS2/c1-16-10-11-20(17(2)14-16)15-30(22-13-12-19-8-6-7-9-21(19)22)26(31)29-23-24(32-4)27-18(3)28-25(23)33-5/h6-11,14,22H,12-13,15H2,1-5H3,(H,29,31). The fourth-order valence-electron chi connectivity index (χ4n) is 4.49. The Morgan fingerprint density at radius 3 is 2.42 bits per heavy atom. The van der Waals surface area contributed by atoms with Gasteiger partial charge in [-0.2, -0.15) is 0 Å². The second-order valence-electron chi connectivity index (χ2n) is 8.41. The first kappa shape index (κ1) is 23.6. The molecule has 0 saturated carbocycles. The van der Waals surface area contributed by atoms with Crippen molar-refractivity contribution in [2.75, 3.05) is 17.8 Å². The maximum Gasteiger partial charge on any atom is 0.322 e. The van der Waals surface area contributed by atoms with Gasteiger partial charge < -0.3 is 10.2 Å². The molecule has 0 bridgehead atoms. The van der Waals surface area contributed by atoms with Crippen molar-refractivity contribution in [3.05, 3.63) is 76.1 Å². The lowest BCUT2D eigenvalue weighted by Gasteiger charge is -2.31. The molecule has 0 radical (unpaired) electrons. The summed E-state index contributed by atoms with van der Waals surface area (Å²) in [7, 11) is 0. The molecule has 1 heterocycles. The van der Waals surface area contributed by atoms with Gasteiger partial charge in [0.1, 0.15) is 21.6 Å². The smallest absolute Gasteiger partial charge is 0.313 e. The zero-order chi connectivity index (χ0) is 23.5. The Morgan fingerprint density at radius 2 is 1.76 bits per heavy atom. The van der Waals surface area contributed by atoms with Crippen LogP contribution in [-0.2, 0) is 13.0 Å². The van der Waals surface area contributed by atoms with Gasteiger partial charge in [0.05, 0.1) is 6.04 Å². The molecule has 0 fully saturated rings. The number of aromatic nitrogens is 2. The molecule has 5 nitrogen and oxygen atoms in total. The quantitative estimate of drug-likeness (QED) is 0.321. The van der Waals surface area contributed by atoms with Crippen molar-refractivity contribution in [2.45, 2.75) is 56.3 Å². The minimum Gasteiger partial charge on any atom is -0.313 e. The number of hydrogen-bond donors (Lipinski definition) is 1. The molecule has 1 aromatic heterocycles. The molecular formula is C26H30N4OS2. The molecule has 172 valence electrons. The first-order valence-corrected chi connectivity index (χ1v) is 13.5. The number of carbonyl (C=O) groups is 1. The first-order valence-electron chi connectivity index (χ1n) is 11.1. The van der Waals surface area contributed by atoms with Gasteiger partial charge in [0.2, 0.25) is 0 Å². The highest BCUT2D eigenvalue weighted by molar-refractivity contribution is 7.99. The molecule has 1 aliphatic carbocycles. The number of aryl methyl sites for hydroxylation is 4. The number of anilines is 1. The van der Waals surface area contributed by atoms with Crippen molar-refractivity contribution < 1.29 is 4.79 Å².